The molecule has 0 saturated carbocycles. The molecule has 0 aliphatic carbocycles. The van der Waals surface area contributed by atoms with Crippen molar-refractivity contribution in [3.8, 4) is 5.75 Å². The third-order valence-electron chi connectivity index (χ3n) is 4.38. The summed E-state index contributed by atoms with van der Waals surface area (Å²) in [6, 6.07) is 7.75. The number of carbonyl (C=O) groups is 1. The summed E-state index contributed by atoms with van der Waals surface area (Å²) in [4.78, 5) is 13.8. The largest absolute Gasteiger partial charge is 0.467 e. The number of anilines is 1. The number of rotatable bonds is 1. The number of nitrogens with zero attached hydrogens (tertiary/aromatic N) is 1. The Balaban J connectivity index is 1.83. The minimum Gasteiger partial charge on any atom is -0.467 e. The van der Waals surface area contributed by atoms with E-state index in [2.05, 4.69) is 21.2 Å². The molecule has 24 heavy (non-hydrogen) atoms. The predicted molar refractivity (Wildman–Crippen MR) is 87.9 cm³/mol. The molecule has 4 rings (SSSR count). The van der Waals surface area contributed by atoms with Gasteiger partial charge in [-0.25, -0.2) is 13.6 Å². The van der Waals surface area contributed by atoms with E-state index < -0.39 is 23.4 Å². The summed E-state index contributed by atoms with van der Waals surface area (Å²) < 4.78 is 34.7. The van der Waals surface area contributed by atoms with E-state index in [4.69, 9.17) is 4.74 Å². The molecule has 2 aliphatic rings. The summed E-state index contributed by atoms with van der Waals surface area (Å²) >= 11 is 3.40. The first-order valence-corrected chi connectivity index (χ1v) is 8.21. The number of hydrogen-bond acceptors (Lipinski definition) is 2. The highest BCUT2D eigenvalue weighted by Crippen LogP contribution is 2.46. The fraction of sp³-hybridized carbons (Fsp3) is 0.235. The minimum absolute atomic E-state index is 0.144. The fourth-order valence-corrected chi connectivity index (χ4v) is 3.75. The molecule has 2 aromatic rings. The molecule has 0 radical (unpaired) electrons. The molecular weight excluding hydrogens is 382 g/mol. The normalized spacial score (nSPS) is 24.9. The van der Waals surface area contributed by atoms with Crippen LogP contribution in [0.2, 0.25) is 0 Å². The first kappa shape index (κ1) is 15.4. The predicted octanol–water partition coefficient (Wildman–Crippen LogP) is 4.50. The zero-order valence-electron chi connectivity index (χ0n) is 12.6. The van der Waals surface area contributed by atoms with Crippen LogP contribution in [0.15, 0.2) is 40.9 Å². The molecule has 4 nitrogen and oxygen atoms in total. The van der Waals surface area contributed by atoms with Crippen molar-refractivity contribution in [3.05, 3.63) is 58.1 Å². The van der Waals surface area contributed by atoms with Gasteiger partial charge in [0.1, 0.15) is 17.4 Å². The van der Waals surface area contributed by atoms with Gasteiger partial charge in [0.05, 0.1) is 11.7 Å². The second kappa shape index (κ2) is 5.17. The molecular formula is C17H13BrF2N2O2. The SMILES string of the molecule is C[C@@]12C[C@@H](NC(=O)N1c1cc(F)ccc1F)c1cc(Br)ccc1O2. The Morgan fingerprint density at radius 2 is 2.08 bits per heavy atom. The highest BCUT2D eigenvalue weighted by molar-refractivity contribution is 9.10. The van der Waals surface area contributed by atoms with Crippen LogP contribution in [0.1, 0.15) is 24.9 Å². The highest BCUT2D eigenvalue weighted by atomic mass is 79.9. The van der Waals surface area contributed by atoms with Crippen molar-refractivity contribution in [1.82, 2.24) is 5.32 Å². The van der Waals surface area contributed by atoms with Crippen LogP contribution in [0.5, 0.6) is 5.75 Å². The van der Waals surface area contributed by atoms with E-state index in [0.29, 0.717) is 12.2 Å². The second-order valence-corrected chi connectivity index (χ2v) is 7.01. The number of fused-ring (bicyclic) bond motifs is 4. The van der Waals surface area contributed by atoms with Crippen LogP contribution < -0.4 is 15.0 Å². The first-order chi connectivity index (χ1) is 11.4. The Bertz CT molecular complexity index is 860. The Kier molecular flexibility index (Phi) is 3.32. The van der Waals surface area contributed by atoms with E-state index >= 15 is 0 Å². The van der Waals surface area contributed by atoms with E-state index in [1.54, 1.807) is 13.0 Å². The summed E-state index contributed by atoms with van der Waals surface area (Å²) in [5.74, 6) is -0.694. The summed E-state index contributed by atoms with van der Waals surface area (Å²) in [7, 11) is 0. The Morgan fingerprint density at radius 3 is 2.88 bits per heavy atom. The number of nitrogens with one attached hydrogen (secondary N) is 1. The average molecular weight is 395 g/mol. The zero-order chi connectivity index (χ0) is 17.1. The molecule has 1 fully saturated rings. The Morgan fingerprint density at radius 1 is 1.29 bits per heavy atom. The van der Waals surface area contributed by atoms with E-state index in [1.165, 1.54) is 0 Å². The van der Waals surface area contributed by atoms with Crippen molar-refractivity contribution in [2.24, 2.45) is 0 Å². The molecule has 2 aromatic carbocycles. The van der Waals surface area contributed by atoms with Gasteiger partial charge in [-0.2, -0.15) is 0 Å². The van der Waals surface area contributed by atoms with Crippen molar-refractivity contribution in [3.63, 3.8) is 0 Å². The van der Waals surface area contributed by atoms with Gasteiger partial charge in [-0.15, -0.1) is 0 Å². The van der Waals surface area contributed by atoms with Crippen LogP contribution in [0, 0.1) is 11.6 Å². The van der Waals surface area contributed by atoms with Crippen molar-refractivity contribution >= 4 is 27.6 Å². The lowest BCUT2D eigenvalue weighted by atomic mass is 9.90. The van der Waals surface area contributed by atoms with E-state index in [9.17, 15) is 13.6 Å². The van der Waals surface area contributed by atoms with Crippen molar-refractivity contribution in [1.29, 1.82) is 0 Å². The van der Waals surface area contributed by atoms with Crippen LogP contribution >= 0.6 is 15.9 Å². The maximum atomic E-state index is 14.2. The Labute approximate surface area is 145 Å². The smallest absolute Gasteiger partial charge is 0.325 e. The number of amides is 2. The number of hydrogen-bond donors (Lipinski definition) is 1. The van der Waals surface area contributed by atoms with E-state index in [-0.39, 0.29) is 11.7 Å². The number of urea groups is 1. The molecule has 0 unspecified atom stereocenters. The maximum absolute atomic E-state index is 14.2. The molecule has 2 amide bonds. The molecule has 124 valence electrons. The molecule has 2 aliphatic heterocycles. The van der Waals surface area contributed by atoms with Gasteiger partial charge in [-0.05, 0) is 37.3 Å². The topological polar surface area (TPSA) is 41.6 Å². The van der Waals surface area contributed by atoms with Gasteiger partial charge >= 0.3 is 6.03 Å². The van der Waals surface area contributed by atoms with Crippen molar-refractivity contribution in [2.75, 3.05) is 4.90 Å². The first-order valence-electron chi connectivity index (χ1n) is 7.42. The molecule has 0 aromatic heterocycles. The molecule has 2 heterocycles. The molecule has 7 heteroatoms. The van der Waals surface area contributed by atoms with Gasteiger partial charge < -0.3 is 10.1 Å². The Hall–Kier alpha value is -2.15. The third-order valence-corrected chi connectivity index (χ3v) is 4.88. The monoisotopic (exact) mass is 394 g/mol. The summed E-state index contributed by atoms with van der Waals surface area (Å²) in [6.45, 7) is 1.70. The van der Waals surface area contributed by atoms with Crippen molar-refractivity contribution in [2.45, 2.75) is 25.1 Å². The quantitative estimate of drug-likeness (QED) is 0.773. The molecule has 1 N–H and O–H groups in total. The minimum atomic E-state index is -1.11. The van der Waals surface area contributed by atoms with E-state index in [1.807, 2.05) is 12.1 Å². The van der Waals surface area contributed by atoms with Crippen LogP contribution in [0.3, 0.4) is 0 Å². The standard InChI is InChI=1S/C17H13BrF2N2O2/c1-17-8-13(11-6-9(18)2-5-15(11)24-17)21-16(23)22(17)14-7-10(19)3-4-12(14)20/h2-7,13H,8H2,1H3,(H,21,23)/t13-,17-/m1/s1. The molecule has 2 bridgehead atoms. The number of carbonyl (C=O) groups excluding carboxylic acids is 1. The fourth-order valence-electron chi connectivity index (χ4n) is 3.37. The zero-order valence-corrected chi connectivity index (χ0v) is 14.2. The number of benzene rings is 2. The van der Waals surface area contributed by atoms with Gasteiger partial charge in [-0.1, -0.05) is 15.9 Å². The molecule has 0 spiro atoms. The van der Waals surface area contributed by atoms with Crippen LogP contribution in [-0.4, -0.2) is 11.8 Å². The second-order valence-electron chi connectivity index (χ2n) is 6.10. The summed E-state index contributed by atoms with van der Waals surface area (Å²) in [6.07, 6.45) is 0.415. The van der Waals surface area contributed by atoms with E-state index in [0.717, 1.165) is 33.1 Å². The van der Waals surface area contributed by atoms with Crippen molar-refractivity contribution < 1.29 is 18.3 Å². The number of halogens is 3. The lowest BCUT2D eigenvalue weighted by Crippen LogP contribution is -2.65. The lowest BCUT2D eigenvalue weighted by molar-refractivity contribution is 0.0372. The summed E-state index contributed by atoms with van der Waals surface area (Å²) in [5, 5.41) is 2.85. The van der Waals surface area contributed by atoms with Gasteiger partial charge in [0.2, 0.25) is 0 Å². The highest BCUT2D eigenvalue weighted by Gasteiger charge is 2.50. The van der Waals surface area contributed by atoms with Gasteiger partial charge in [-0.3, -0.25) is 4.90 Å². The third kappa shape index (κ3) is 2.26. The van der Waals surface area contributed by atoms with Crippen LogP contribution in [0.25, 0.3) is 0 Å². The average Bonchev–Trinajstić information content (AvgIpc) is 2.51. The van der Waals surface area contributed by atoms with Gasteiger partial charge in [0.25, 0.3) is 0 Å². The van der Waals surface area contributed by atoms with Crippen LogP contribution in [-0.2, 0) is 0 Å². The molecule has 1 saturated heterocycles. The molecule has 2 atom stereocenters. The van der Waals surface area contributed by atoms with Gasteiger partial charge in [0, 0.05) is 22.5 Å². The van der Waals surface area contributed by atoms with Crippen LogP contribution in [0.4, 0.5) is 19.3 Å². The number of ether oxygens (including phenoxy) is 1. The lowest BCUT2D eigenvalue weighted by Gasteiger charge is -2.50. The summed E-state index contributed by atoms with van der Waals surface area (Å²) in [5.41, 5.74) is -0.397. The maximum Gasteiger partial charge on any atom is 0.325 e. The van der Waals surface area contributed by atoms with Gasteiger partial charge in [0.15, 0.2) is 5.72 Å².